The Bertz CT molecular complexity index is 537. The summed E-state index contributed by atoms with van der Waals surface area (Å²) >= 11 is 0. The molecule has 0 amide bonds. The van der Waals surface area contributed by atoms with Crippen LogP contribution in [-0.2, 0) is 0 Å². The Morgan fingerprint density at radius 1 is 1.10 bits per heavy atom. The molecule has 0 saturated carbocycles. The second-order valence-electron chi connectivity index (χ2n) is 6.12. The highest BCUT2D eigenvalue weighted by atomic mass is 15.3. The highest BCUT2D eigenvalue weighted by molar-refractivity contribution is 6.36. The van der Waals surface area contributed by atoms with E-state index in [1.54, 1.807) is 0 Å². The molecular formula is C16H19BN3. The van der Waals surface area contributed by atoms with Gasteiger partial charge in [0, 0.05) is 13.1 Å². The maximum atomic E-state index is 4.46. The van der Waals surface area contributed by atoms with Crippen LogP contribution in [0.5, 0.6) is 0 Å². The largest absolute Gasteiger partial charge is 0.355 e. The molecule has 2 saturated heterocycles. The van der Waals surface area contributed by atoms with E-state index in [2.05, 4.69) is 52.7 Å². The SMILES string of the molecule is [B]1CC2CN(c3ccc(C4=CC=CCC4)nn3)CC2C1. The number of aromatic nitrogens is 2. The van der Waals surface area contributed by atoms with Gasteiger partial charge in [0.2, 0.25) is 0 Å². The van der Waals surface area contributed by atoms with Crippen molar-refractivity contribution < 1.29 is 0 Å². The smallest absolute Gasteiger partial charge is 0.151 e. The van der Waals surface area contributed by atoms with Crippen LogP contribution in [0.1, 0.15) is 18.5 Å². The van der Waals surface area contributed by atoms with Gasteiger partial charge in [-0.05, 0) is 42.4 Å². The zero-order valence-corrected chi connectivity index (χ0v) is 11.7. The monoisotopic (exact) mass is 264 g/mol. The molecule has 101 valence electrons. The zero-order valence-electron chi connectivity index (χ0n) is 11.7. The van der Waals surface area contributed by atoms with Gasteiger partial charge in [-0.1, -0.05) is 30.9 Å². The summed E-state index contributed by atoms with van der Waals surface area (Å²) in [6, 6.07) is 4.28. The summed E-state index contributed by atoms with van der Waals surface area (Å²) in [5, 5.41) is 8.90. The van der Waals surface area contributed by atoms with Crippen molar-refractivity contribution in [3.8, 4) is 0 Å². The predicted octanol–water partition coefficient (Wildman–Crippen LogP) is 2.82. The molecular weight excluding hydrogens is 245 g/mol. The summed E-state index contributed by atoms with van der Waals surface area (Å²) in [6.45, 7) is 2.31. The minimum Gasteiger partial charge on any atom is -0.355 e. The number of hydrogen-bond donors (Lipinski definition) is 0. The lowest BCUT2D eigenvalue weighted by atomic mass is 9.75. The van der Waals surface area contributed by atoms with Gasteiger partial charge in [0.25, 0.3) is 0 Å². The van der Waals surface area contributed by atoms with Crippen LogP contribution in [0, 0.1) is 11.8 Å². The third-order valence-electron chi connectivity index (χ3n) is 4.83. The Morgan fingerprint density at radius 2 is 1.95 bits per heavy atom. The molecule has 0 bridgehead atoms. The highest BCUT2D eigenvalue weighted by Gasteiger charge is 2.36. The molecule has 1 aromatic rings. The molecule has 2 unspecified atom stereocenters. The summed E-state index contributed by atoms with van der Waals surface area (Å²) in [6.07, 6.45) is 11.2. The molecule has 0 spiro atoms. The first-order valence-corrected chi connectivity index (χ1v) is 7.66. The van der Waals surface area contributed by atoms with Crippen molar-refractivity contribution in [3.05, 3.63) is 36.1 Å². The standard InChI is InChI=1S/C16H19BN3/c1-2-4-12(5-3-1)15-6-7-16(19-18-15)20-10-13-8-17-9-14(13)11-20/h1-2,4,6-7,13-14H,3,5,8-11H2. The molecule has 3 nitrogen and oxygen atoms in total. The third kappa shape index (κ3) is 2.17. The molecule has 3 aliphatic rings. The van der Waals surface area contributed by atoms with Crippen LogP contribution in [0.3, 0.4) is 0 Å². The molecule has 1 aromatic heterocycles. The number of rotatable bonds is 2. The maximum absolute atomic E-state index is 4.46. The van der Waals surface area contributed by atoms with E-state index in [0.29, 0.717) is 0 Å². The molecule has 2 aliphatic heterocycles. The Hall–Kier alpha value is -1.58. The number of fused-ring (bicyclic) bond motifs is 1. The minimum absolute atomic E-state index is 0.850. The number of nitrogens with zero attached hydrogens (tertiary/aromatic N) is 3. The second kappa shape index (κ2) is 5.08. The van der Waals surface area contributed by atoms with Crippen LogP contribution in [0.25, 0.3) is 5.57 Å². The molecule has 3 heterocycles. The van der Waals surface area contributed by atoms with Crippen LogP contribution < -0.4 is 4.90 Å². The first-order valence-electron chi connectivity index (χ1n) is 7.66. The molecule has 2 fully saturated rings. The van der Waals surface area contributed by atoms with Crippen molar-refractivity contribution in [2.75, 3.05) is 18.0 Å². The molecule has 0 N–H and O–H groups in total. The highest BCUT2D eigenvalue weighted by Crippen LogP contribution is 2.37. The van der Waals surface area contributed by atoms with E-state index in [-0.39, 0.29) is 0 Å². The van der Waals surface area contributed by atoms with Gasteiger partial charge in [-0.3, -0.25) is 0 Å². The van der Waals surface area contributed by atoms with Crippen molar-refractivity contribution in [2.24, 2.45) is 11.8 Å². The van der Waals surface area contributed by atoms with Crippen molar-refractivity contribution in [2.45, 2.75) is 25.5 Å². The lowest BCUT2D eigenvalue weighted by Crippen LogP contribution is -2.22. The Kier molecular flexibility index (Phi) is 3.09. The van der Waals surface area contributed by atoms with Gasteiger partial charge in [0.1, 0.15) is 7.28 Å². The lowest BCUT2D eigenvalue weighted by molar-refractivity contribution is 0.525. The van der Waals surface area contributed by atoms with Crippen molar-refractivity contribution in [3.63, 3.8) is 0 Å². The molecule has 20 heavy (non-hydrogen) atoms. The second-order valence-corrected chi connectivity index (χ2v) is 6.12. The molecule has 1 aliphatic carbocycles. The zero-order chi connectivity index (χ0) is 13.4. The van der Waals surface area contributed by atoms with Crippen LogP contribution in [0.2, 0.25) is 12.6 Å². The fourth-order valence-electron chi connectivity index (χ4n) is 3.67. The summed E-state index contributed by atoms with van der Waals surface area (Å²) in [7, 11) is 2.45. The minimum atomic E-state index is 0.850. The molecule has 4 heteroatoms. The fraction of sp³-hybridized carbons (Fsp3) is 0.500. The topological polar surface area (TPSA) is 29.0 Å². The van der Waals surface area contributed by atoms with E-state index >= 15 is 0 Å². The maximum Gasteiger partial charge on any atom is 0.151 e. The van der Waals surface area contributed by atoms with Gasteiger partial charge in [0.15, 0.2) is 5.82 Å². The lowest BCUT2D eigenvalue weighted by Gasteiger charge is -2.18. The van der Waals surface area contributed by atoms with Gasteiger partial charge in [-0.25, -0.2) is 0 Å². The molecule has 1 radical (unpaired) electrons. The Morgan fingerprint density at radius 3 is 2.60 bits per heavy atom. The fourth-order valence-corrected chi connectivity index (χ4v) is 3.67. The van der Waals surface area contributed by atoms with E-state index in [4.69, 9.17) is 0 Å². The summed E-state index contributed by atoms with van der Waals surface area (Å²) in [5.74, 6) is 2.75. The Labute approximate surface area is 121 Å². The first kappa shape index (κ1) is 12.2. The van der Waals surface area contributed by atoms with Crippen molar-refractivity contribution >= 4 is 18.7 Å². The van der Waals surface area contributed by atoms with Crippen LogP contribution in [-0.4, -0.2) is 30.6 Å². The van der Waals surface area contributed by atoms with Gasteiger partial charge in [-0.2, -0.15) is 0 Å². The molecule has 2 atom stereocenters. The van der Waals surface area contributed by atoms with E-state index < -0.39 is 0 Å². The van der Waals surface area contributed by atoms with Crippen LogP contribution in [0.15, 0.2) is 30.4 Å². The Balaban J connectivity index is 1.50. The summed E-state index contributed by atoms with van der Waals surface area (Å²) in [4.78, 5) is 2.41. The summed E-state index contributed by atoms with van der Waals surface area (Å²) in [5.41, 5.74) is 2.34. The van der Waals surface area contributed by atoms with Crippen molar-refractivity contribution in [1.82, 2.24) is 10.2 Å². The molecule has 4 rings (SSSR count). The average molecular weight is 264 g/mol. The van der Waals surface area contributed by atoms with Gasteiger partial charge in [-0.15, -0.1) is 10.2 Å². The van der Waals surface area contributed by atoms with E-state index in [1.165, 1.54) is 18.2 Å². The van der Waals surface area contributed by atoms with Crippen LogP contribution in [0.4, 0.5) is 5.82 Å². The van der Waals surface area contributed by atoms with Gasteiger partial charge in [0.05, 0.1) is 5.69 Å². The van der Waals surface area contributed by atoms with Gasteiger partial charge < -0.3 is 4.90 Å². The van der Waals surface area contributed by atoms with Crippen LogP contribution >= 0.6 is 0 Å². The molecule has 0 aromatic carbocycles. The normalized spacial score (nSPS) is 28.2. The van der Waals surface area contributed by atoms with E-state index in [9.17, 15) is 0 Å². The quantitative estimate of drug-likeness (QED) is 0.769. The van der Waals surface area contributed by atoms with E-state index in [0.717, 1.165) is 49.3 Å². The average Bonchev–Trinajstić information content (AvgIpc) is 3.10. The van der Waals surface area contributed by atoms with Gasteiger partial charge >= 0.3 is 0 Å². The number of hydrogen-bond acceptors (Lipinski definition) is 3. The summed E-state index contributed by atoms with van der Waals surface area (Å²) < 4.78 is 0. The predicted molar refractivity (Wildman–Crippen MR) is 82.9 cm³/mol. The van der Waals surface area contributed by atoms with Crippen molar-refractivity contribution in [1.29, 1.82) is 0 Å². The first-order chi connectivity index (χ1) is 9.90. The van der Waals surface area contributed by atoms with E-state index in [1.807, 2.05) is 0 Å². The number of allylic oxidation sites excluding steroid dienone is 4. The third-order valence-corrected chi connectivity index (χ3v) is 4.83. The number of anilines is 1.